The Hall–Kier alpha value is -1.37. The summed E-state index contributed by atoms with van der Waals surface area (Å²) in [6.45, 7) is 4.78. The van der Waals surface area contributed by atoms with E-state index in [1.54, 1.807) is 19.6 Å². The molecule has 0 amide bonds. The summed E-state index contributed by atoms with van der Waals surface area (Å²) in [5, 5.41) is 0. The Labute approximate surface area is 96.3 Å². The summed E-state index contributed by atoms with van der Waals surface area (Å²) in [5.74, 6) is -8.14. The van der Waals surface area contributed by atoms with Crippen molar-refractivity contribution in [2.75, 3.05) is 0 Å². The predicted octanol–water partition coefficient (Wildman–Crippen LogP) is 3.23. The van der Waals surface area contributed by atoms with E-state index in [-0.39, 0.29) is 6.07 Å². The van der Waals surface area contributed by atoms with Crippen LogP contribution < -0.4 is 0 Å². The van der Waals surface area contributed by atoms with Gasteiger partial charge in [-0.1, -0.05) is 0 Å². The van der Waals surface area contributed by atoms with E-state index in [1.165, 1.54) is 0 Å². The Morgan fingerprint density at radius 3 is 1.82 bits per heavy atom. The van der Waals surface area contributed by atoms with Gasteiger partial charge in [-0.2, -0.15) is 0 Å². The van der Waals surface area contributed by atoms with Crippen LogP contribution in [0.4, 0.5) is 17.6 Å². The van der Waals surface area contributed by atoms with Crippen molar-refractivity contribution >= 4 is 14.3 Å². The first-order valence-electron chi connectivity index (χ1n) is 4.70. The largest absolute Gasteiger partial charge is 0.516 e. The quantitative estimate of drug-likeness (QED) is 0.466. The molecule has 0 aliphatic heterocycles. The van der Waals surface area contributed by atoms with Crippen LogP contribution in [0.3, 0.4) is 0 Å². The van der Waals surface area contributed by atoms with Crippen molar-refractivity contribution in [3.8, 4) is 0 Å². The van der Waals surface area contributed by atoms with Crippen LogP contribution in [0.5, 0.6) is 0 Å². The van der Waals surface area contributed by atoms with Gasteiger partial charge in [0, 0.05) is 6.07 Å². The molecule has 0 N–H and O–H groups in total. The minimum absolute atomic E-state index is 0.0377. The Kier molecular flexibility index (Phi) is 3.61. The van der Waals surface area contributed by atoms with Gasteiger partial charge >= 0.3 is 5.97 Å². The van der Waals surface area contributed by atoms with Crippen molar-refractivity contribution in [1.82, 2.24) is 0 Å². The van der Waals surface area contributed by atoms with Gasteiger partial charge in [-0.05, 0) is 19.6 Å². The minimum Gasteiger partial charge on any atom is -0.516 e. The number of carbonyl (C=O) groups excluding carboxylic acids is 1. The molecule has 0 fully saturated rings. The summed E-state index contributed by atoms with van der Waals surface area (Å²) in [6.07, 6.45) is 0. The second-order valence-electron chi connectivity index (χ2n) is 4.35. The number of benzene rings is 1. The lowest BCUT2D eigenvalue weighted by Crippen LogP contribution is -2.30. The molecule has 94 valence electrons. The van der Waals surface area contributed by atoms with Gasteiger partial charge in [0.15, 0.2) is 23.3 Å². The lowest BCUT2D eigenvalue weighted by Gasteiger charge is -2.17. The lowest BCUT2D eigenvalue weighted by molar-refractivity contribution is 0.0711. The van der Waals surface area contributed by atoms with Crippen LogP contribution in [-0.4, -0.2) is 14.3 Å². The molecule has 0 unspecified atom stereocenters. The number of halogens is 4. The summed E-state index contributed by atoms with van der Waals surface area (Å²) in [6, 6.07) is 0.0377. The second kappa shape index (κ2) is 4.48. The van der Waals surface area contributed by atoms with Gasteiger partial charge in [0.05, 0.1) is 0 Å². The van der Waals surface area contributed by atoms with Crippen LogP contribution in [0, 0.1) is 23.3 Å². The van der Waals surface area contributed by atoms with Crippen molar-refractivity contribution in [3.05, 3.63) is 34.9 Å². The van der Waals surface area contributed by atoms with E-state index in [4.69, 9.17) is 4.43 Å². The zero-order valence-corrected chi connectivity index (χ0v) is 10.4. The standard InChI is InChI=1S/C10H10F4O2Si/c1-17(2,3)16-10(15)7-8(13)5(11)4-6(12)9(7)14/h4H,1-3H3. The third kappa shape index (κ3) is 3.06. The SMILES string of the molecule is C[Si](C)(C)OC(=O)c1c(F)c(F)cc(F)c1F. The van der Waals surface area contributed by atoms with E-state index in [2.05, 4.69) is 0 Å². The molecule has 1 rings (SSSR count). The van der Waals surface area contributed by atoms with Crippen molar-refractivity contribution in [2.24, 2.45) is 0 Å². The van der Waals surface area contributed by atoms with Crippen LogP contribution in [0.25, 0.3) is 0 Å². The summed E-state index contributed by atoms with van der Waals surface area (Å²) in [7, 11) is -2.41. The van der Waals surface area contributed by atoms with E-state index in [1.807, 2.05) is 0 Å². The van der Waals surface area contributed by atoms with Crippen LogP contribution in [-0.2, 0) is 4.43 Å². The Bertz CT molecular complexity index is 442. The summed E-state index contributed by atoms with van der Waals surface area (Å²) in [5.41, 5.74) is -1.33. The normalized spacial score (nSPS) is 11.5. The fourth-order valence-corrected chi connectivity index (χ4v) is 1.74. The van der Waals surface area contributed by atoms with E-state index < -0.39 is 43.1 Å². The van der Waals surface area contributed by atoms with E-state index in [0.717, 1.165) is 0 Å². The molecule has 0 aromatic heterocycles. The zero-order valence-electron chi connectivity index (χ0n) is 9.41. The van der Waals surface area contributed by atoms with Crippen LogP contribution in [0.2, 0.25) is 19.6 Å². The first-order chi connectivity index (χ1) is 7.63. The molecule has 17 heavy (non-hydrogen) atoms. The van der Waals surface area contributed by atoms with E-state index in [9.17, 15) is 22.4 Å². The average Bonchev–Trinajstić information content (AvgIpc) is 2.12. The molecule has 2 nitrogen and oxygen atoms in total. The molecule has 0 saturated carbocycles. The lowest BCUT2D eigenvalue weighted by atomic mass is 10.2. The monoisotopic (exact) mass is 266 g/mol. The molecule has 1 aromatic carbocycles. The average molecular weight is 266 g/mol. The number of rotatable bonds is 2. The number of carbonyl (C=O) groups is 1. The Balaban J connectivity index is 3.27. The maximum atomic E-state index is 13.2. The van der Waals surface area contributed by atoms with Gasteiger partial charge < -0.3 is 4.43 Å². The summed E-state index contributed by atoms with van der Waals surface area (Å²) in [4.78, 5) is 11.4. The first kappa shape index (κ1) is 13.7. The molecule has 0 aliphatic rings. The number of hydrogen-bond acceptors (Lipinski definition) is 2. The van der Waals surface area contributed by atoms with Crippen molar-refractivity contribution in [3.63, 3.8) is 0 Å². The Morgan fingerprint density at radius 2 is 1.47 bits per heavy atom. The topological polar surface area (TPSA) is 26.3 Å². The third-order valence-electron chi connectivity index (χ3n) is 1.71. The molecule has 7 heteroatoms. The highest BCUT2D eigenvalue weighted by Gasteiger charge is 2.29. The van der Waals surface area contributed by atoms with Crippen LogP contribution in [0.15, 0.2) is 6.07 Å². The van der Waals surface area contributed by atoms with Gasteiger partial charge in [-0.3, -0.25) is 0 Å². The fourth-order valence-electron chi connectivity index (χ4n) is 1.08. The minimum atomic E-state index is -2.41. The molecular formula is C10H10F4O2Si. The molecule has 1 aromatic rings. The summed E-state index contributed by atoms with van der Waals surface area (Å²) < 4.78 is 56.9. The first-order valence-corrected chi connectivity index (χ1v) is 8.10. The van der Waals surface area contributed by atoms with Crippen LogP contribution >= 0.6 is 0 Å². The summed E-state index contributed by atoms with van der Waals surface area (Å²) >= 11 is 0. The van der Waals surface area contributed by atoms with E-state index in [0.29, 0.717) is 0 Å². The highest BCUT2D eigenvalue weighted by atomic mass is 28.4. The molecule has 0 atom stereocenters. The van der Waals surface area contributed by atoms with Crippen molar-refractivity contribution in [2.45, 2.75) is 19.6 Å². The van der Waals surface area contributed by atoms with Crippen LogP contribution in [0.1, 0.15) is 10.4 Å². The maximum Gasteiger partial charge on any atom is 0.331 e. The van der Waals surface area contributed by atoms with Crippen molar-refractivity contribution in [1.29, 1.82) is 0 Å². The van der Waals surface area contributed by atoms with Gasteiger partial charge in [-0.15, -0.1) is 0 Å². The van der Waals surface area contributed by atoms with E-state index >= 15 is 0 Å². The molecule has 0 saturated heterocycles. The van der Waals surface area contributed by atoms with Gasteiger partial charge in [0.1, 0.15) is 5.56 Å². The number of hydrogen-bond donors (Lipinski definition) is 0. The molecule has 0 spiro atoms. The highest BCUT2D eigenvalue weighted by molar-refractivity contribution is 6.71. The molecule has 0 radical (unpaired) electrons. The molecule has 0 aliphatic carbocycles. The van der Waals surface area contributed by atoms with Gasteiger partial charge in [0.2, 0.25) is 8.32 Å². The zero-order chi connectivity index (χ0) is 13.4. The third-order valence-corrected chi connectivity index (χ3v) is 2.51. The van der Waals surface area contributed by atoms with Crippen molar-refractivity contribution < 1.29 is 26.8 Å². The highest BCUT2D eigenvalue weighted by Crippen LogP contribution is 2.21. The van der Waals surface area contributed by atoms with Gasteiger partial charge in [-0.25, -0.2) is 22.4 Å². The predicted molar refractivity (Wildman–Crippen MR) is 55.0 cm³/mol. The fraction of sp³-hybridized carbons (Fsp3) is 0.300. The maximum absolute atomic E-state index is 13.2. The Morgan fingerprint density at radius 1 is 1.06 bits per heavy atom. The molecule has 0 bridgehead atoms. The smallest absolute Gasteiger partial charge is 0.331 e. The molecule has 0 heterocycles. The molecular weight excluding hydrogens is 256 g/mol. The van der Waals surface area contributed by atoms with Gasteiger partial charge in [0.25, 0.3) is 0 Å². The second-order valence-corrected chi connectivity index (χ2v) is 8.77.